The summed E-state index contributed by atoms with van der Waals surface area (Å²) in [4.78, 5) is 14.2. The Morgan fingerprint density at radius 3 is 2.44 bits per heavy atom. The molecule has 1 N–H and O–H groups in total. The van der Waals surface area contributed by atoms with E-state index in [1.54, 1.807) is 11.3 Å². The Bertz CT molecular complexity index is 977. The van der Waals surface area contributed by atoms with Gasteiger partial charge in [0, 0.05) is 6.54 Å². The van der Waals surface area contributed by atoms with Crippen molar-refractivity contribution in [3.8, 4) is 11.1 Å². The second-order valence-corrected chi connectivity index (χ2v) is 7.48. The van der Waals surface area contributed by atoms with Crippen molar-refractivity contribution in [3.63, 3.8) is 0 Å². The predicted octanol–water partition coefficient (Wildman–Crippen LogP) is 4.72. The van der Waals surface area contributed by atoms with Gasteiger partial charge in [0.1, 0.15) is 5.70 Å². The minimum atomic E-state index is -0.141. The van der Waals surface area contributed by atoms with Gasteiger partial charge in [-0.3, -0.25) is 10.1 Å². The number of rotatable bonds is 5. The quantitative estimate of drug-likeness (QED) is 0.506. The summed E-state index contributed by atoms with van der Waals surface area (Å²) < 4.78 is 0. The van der Waals surface area contributed by atoms with Crippen LogP contribution in [0.1, 0.15) is 11.1 Å². The third kappa shape index (κ3) is 3.99. The van der Waals surface area contributed by atoms with Crippen LogP contribution in [0.5, 0.6) is 0 Å². The smallest absolute Gasteiger partial charge is 0.274 e. The molecule has 0 radical (unpaired) electrons. The molecule has 1 aliphatic heterocycles. The van der Waals surface area contributed by atoms with Crippen LogP contribution >= 0.6 is 23.6 Å². The maximum Gasteiger partial charge on any atom is 0.274 e. The third-order valence-corrected chi connectivity index (χ3v) is 5.57. The van der Waals surface area contributed by atoms with E-state index in [1.807, 2.05) is 41.3 Å². The Kier molecular flexibility index (Phi) is 5.14. The lowest BCUT2D eigenvalue weighted by molar-refractivity contribution is -0.115. The zero-order chi connectivity index (χ0) is 18.6. The van der Waals surface area contributed by atoms with Gasteiger partial charge in [0.15, 0.2) is 5.11 Å². The summed E-state index contributed by atoms with van der Waals surface area (Å²) in [6.07, 6.45) is 2.75. The third-order valence-electron chi connectivity index (χ3n) is 4.51. The molecule has 5 heteroatoms. The van der Waals surface area contributed by atoms with Crippen LogP contribution in [0.4, 0.5) is 0 Å². The number of thiocarbonyl (C=S) groups is 1. The first-order valence-corrected chi connectivity index (χ1v) is 10.1. The number of thiophene rings is 1. The molecule has 0 aliphatic carbocycles. The van der Waals surface area contributed by atoms with Crippen LogP contribution in [0, 0.1) is 0 Å². The molecule has 27 heavy (non-hydrogen) atoms. The molecule has 1 amide bonds. The second-order valence-electron chi connectivity index (χ2n) is 6.31. The lowest BCUT2D eigenvalue weighted by Crippen LogP contribution is -2.29. The van der Waals surface area contributed by atoms with Crippen molar-refractivity contribution in [2.45, 2.75) is 6.42 Å². The van der Waals surface area contributed by atoms with Crippen molar-refractivity contribution >= 4 is 40.7 Å². The monoisotopic (exact) mass is 390 g/mol. The van der Waals surface area contributed by atoms with Crippen LogP contribution in [0.3, 0.4) is 0 Å². The van der Waals surface area contributed by atoms with Crippen LogP contribution in [0.25, 0.3) is 17.2 Å². The fourth-order valence-electron chi connectivity index (χ4n) is 3.06. The molecule has 3 aromatic rings. The van der Waals surface area contributed by atoms with Crippen molar-refractivity contribution in [2.24, 2.45) is 0 Å². The first-order valence-electron chi connectivity index (χ1n) is 8.72. The standard InChI is InChI=1S/C22H18N2OS2/c25-21-20(24(22(26)23-21)12-10-17-11-13-27-15-17)14-16-6-8-19(9-7-16)18-4-2-1-3-5-18/h1-9,11,13-15H,10,12H2,(H,23,25,26)/b20-14+. The largest absolute Gasteiger partial charge is 0.314 e. The van der Waals surface area contributed by atoms with E-state index in [4.69, 9.17) is 12.2 Å². The summed E-state index contributed by atoms with van der Waals surface area (Å²) in [6.45, 7) is 0.683. The molecule has 0 bridgehead atoms. The van der Waals surface area contributed by atoms with E-state index in [0.29, 0.717) is 17.4 Å². The van der Waals surface area contributed by atoms with Crippen molar-refractivity contribution in [1.29, 1.82) is 0 Å². The van der Waals surface area contributed by atoms with Crippen LogP contribution in [0.15, 0.2) is 77.1 Å². The number of nitrogens with zero attached hydrogens (tertiary/aromatic N) is 1. The molecule has 3 nitrogen and oxygen atoms in total. The highest BCUT2D eigenvalue weighted by Gasteiger charge is 2.29. The molecule has 4 rings (SSSR count). The van der Waals surface area contributed by atoms with Gasteiger partial charge < -0.3 is 4.90 Å². The van der Waals surface area contributed by atoms with Crippen LogP contribution in [-0.4, -0.2) is 22.5 Å². The molecule has 1 aliphatic rings. The van der Waals surface area contributed by atoms with Gasteiger partial charge in [0.2, 0.25) is 0 Å². The first-order chi connectivity index (χ1) is 13.2. The fourth-order valence-corrected chi connectivity index (χ4v) is 4.05. The maximum atomic E-state index is 12.3. The molecule has 2 heterocycles. The van der Waals surface area contributed by atoms with E-state index in [9.17, 15) is 4.79 Å². The number of carbonyl (C=O) groups excluding carboxylic acids is 1. The lowest BCUT2D eigenvalue weighted by atomic mass is 10.0. The van der Waals surface area contributed by atoms with Crippen LogP contribution < -0.4 is 5.32 Å². The number of hydrogen-bond acceptors (Lipinski definition) is 3. The number of nitrogens with one attached hydrogen (secondary N) is 1. The van der Waals surface area contributed by atoms with E-state index < -0.39 is 0 Å². The summed E-state index contributed by atoms with van der Waals surface area (Å²) >= 11 is 7.02. The van der Waals surface area contributed by atoms with Crippen LogP contribution in [0.2, 0.25) is 0 Å². The minimum absolute atomic E-state index is 0.141. The van der Waals surface area contributed by atoms with Crippen molar-refractivity contribution in [1.82, 2.24) is 10.2 Å². The molecule has 0 atom stereocenters. The van der Waals surface area contributed by atoms with Crippen molar-refractivity contribution < 1.29 is 4.79 Å². The van der Waals surface area contributed by atoms with Gasteiger partial charge in [-0.2, -0.15) is 11.3 Å². The fraction of sp³-hybridized carbons (Fsp3) is 0.0909. The van der Waals surface area contributed by atoms with Crippen molar-refractivity contribution in [2.75, 3.05) is 6.54 Å². The molecule has 1 saturated heterocycles. The summed E-state index contributed by atoms with van der Waals surface area (Å²) in [6, 6.07) is 20.5. The lowest BCUT2D eigenvalue weighted by Gasteiger charge is -2.17. The van der Waals surface area contributed by atoms with Gasteiger partial charge in [-0.15, -0.1) is 0 Å². The number of hydrogen-bond donors (Lipinski definition) is 1. The average molecular weight is 391 g/mol. The zero-order valence-electron chi connectivity index (χ0n) is 14.6. The number of benzene rings is 2. The molecule has 2 aromatic carbocycles. The Morgan fingerprint density at radius 1 is 1.00 bits per heavy atom. The summed E-state index contributed by atoms with van der Waals surface area (Å²) in [7, 11) is 0. The Morgan fingerprint density at radius 2 is 1.74 bits per heavy atom. The molecule has 1 aromatic heterocycles. The van der Waals surface area contributed by atoms with E-state index >= 15 is 0 Å². The SMILES string of the molecule is O=C1NC(=S)N(CCc2ccsc2)/C1=C/c1ccc(-c2ccccc2)cc1. The van der Waals surface area contributed by atoms with Crippen LogP contribution in [-0.2, 0) is 11.2 Å². The Labute approximate surface area is 168 Å². The number of amides is 1. The highest BCUT2D eigenvalue weighted by atomic mass is 32.1. The average Bonchev–Trinajstić information content (AvgIpc) is 3.30. The zero-order valence-corrected chi connectivity index (χ0v) is 16.2. The van der Waals surface area contributed by atoms with E-state index in [0.717, 1.165) is 17.5 Å². The molecular formula is C22H18N2OS2. The normalized spacial score (nSPS) is 15.4. The van der Waals surface area contributed by atoms with Gasteiger partial charge in [-0.1, -0.05) is 54.6 Å². The topological polar surface area (TPSA) is 32.3 Å². The predicted molar refractivity (Wildman–Crippen MR) is 115 cm³/mol. The van der Waals surface area contributed by atoms with E-state index in [1.165, 1.54) is 11.1 Å². The van der Waals surface area contributed by atoms with E-state index in [2.05, 4.69) is 46.4 Å². The number of carbonyl (C=O) groups is 1. The summed E-state index contributed by atoms with van der Waals surface area (Å²) in [5.74, 6) is -0.141. The second kappa shape index (κ2) is 7.86. The minimum Gasteiger partial charge on any atom is -0.314 e. The van der Waals surface area contributed by atoms with Gasteiger partial charge in [-0.05, 0) is 63.8 Å². The molecule has 0 unspecified atom stereocenters. The van der Waals surface area contributed by atoms with Gasteiger partial charge in [0.25, 0.3) is 5.91 Å². The molecular weight excluding hydrogens is 372 g/mol. The molecule has 134 valence electrons. The molecule has 0 spiro atoms. The first kappa shape index (κ1) is 17.6. The molecule has 0 saturated carbocycles. The highest BCUT2D eigenvalue weighted by Crippen LogP contribution is 2.22. The van der Waals surface area contributed by atoms with Gasteiger partial charge in [-0.25, -0.2) is 0 Å². The molecule has 1 fully saturated rings. The van der Waals surface area contributed by atoms with Gasteiger partial charge >= 0.3 is 0 Å². The Balaban J connectivity index is 1.55. The van der Waals surface area contributed by atoms with Crippen molar-refractivity contribution in [3.05, 3.63) is 88.2 Å². The maximum absolute atomic E-state index is 12.3. The summed E-state index contributed by atoms with van der Waals surface area (Å²) in [5, 5.41) is 7.42. The van der Waals surface area contributed by atoms with Gasteiger partial charge in [0.05, 0.1) is 0 Å². The van der Waals surface area contributed by atoms with E-state index in [-0.39, 0.29) is 5.91 Å². The summed E-state index contributed by atoms with van der Waals surface area (Å²) in [5.41, 5.74) is 5.16. The Hall–Kier alpha value is -2.76. The highest BCUT2D eigenvalue weighted by molar-refractivity contribution is 7.80.